The number of fused-ring (bicyclic) bond motifs is 1. The number of rotatable bonds is 2. The Morgan fingerprint density at radius 1 is 1.30 bits per heavy atom. The highest BCUT2D eigenvalue weighted by Gasteiger charge is 2.17. The molecule has 0 fully saturated rings. The summed E-state index contributed by atoms with van der Waals surface area (Å²) in [5.74, 6) is 1.49. The minimum absolute atomic E-state index is 0.0270. The predicted molar refractivity (Wildman–Crippen MR) is 79.1 cm³/mol. The van der Waals surface area contributed by atoms with E-state index in [0.717, 1.165) is 22.6 Å². The van der Waals surface area contributed by atoms with E-state index in [9.17, 15) is 4.39 Å². The molecule has 5 heteroatoms. The summed E-state index contributed by atoms with van der Waals surface area (Å²) >= 11 is 5.38. The van der Waals surface area contributed by atoms with Crippen LogP contribution in [0.2, 0.25) is 0 Å². The first-order valence-corrected chi connectivity index (χ1v) is 6.85. The molecule has 3 rings (SSSR count). The summed E-state index contributed by atoms with van der Waals surface area (Å²) in [4.78, 5) is 3.05. The van der Waals surface area contributed by atoms with Crippen LogP contribution in [-0.4, -0.2) is 9.55 Å². The van der Waals surface area contributed by atoms with Gasteiger partial charge in [-0.2, -0.15) is 0 Å². The number of imidazole rings is 1. The highest BCUT2D eigenvalue weighted by Crippen LogP contribution is 2.28. The summed E-state index contributed by atoms with van der Waals surface area (Å²) in [6, 6.07) is 6.70. The van der Waals surface area contributed by atoms with Crippen molar-refractivity contribution in [3.8, 4) is 0 Å². The van der Waals surface area contributed by atoms with E-state index in [1.54, 1.807) is 6.07 Å². The Kier molecular flexibility index (Phi) is 3.01. The van der Waals surface area contributed by atoms with Crippen molar-refractivity contribution in [1.29, 1.82) is 0 Å². The van der Waals surface area contributed by atoms with Crippen molar-refractivity contribution in [2.75, 3.05) is 0 Å². The van der Waals surface area contributed by atoms with E-state index in [1.807, 2.05) is 24.5 Å². The molecule has 104 valence electrons. The van der Waals surface area contributed by atoms with Crippen molar-refractivity contribution in [2.24, 2.45) is 0 Å². The molecule has 0 radical (unpaired) electrons. The van der Waals surface area contributed by atoms with Gasteiger partial charge in [-0.3, -0.25) is 0 Å². The Morgan fingerprint density at radius 2 is 2.05 bits per heavy atom. The van der Waals surface area contributed by atoms with Crippen LogP contribution in [0.15, 0.2) is 28.7 Å². The zero-order valence-electron chi connectivity index (χ0n) is 11.5. The number of aromatic nitrogens is 2. The maximum Gasteiger partial charge on any atom is 0.178 e. The number of nitrogens with one attached hydrogen (secondary N) is 1. The van der Waals surface area contributed by atoms with Gasteiger partial charge in [0.25, 0.3) is 0 Å². The summed E-state index contributed by atoms with van der Waals surface area (Å²) in [6.45, 7) is 5.92. The van der Waals surface area contributed by atoms with E-state index >= 15 is 0 Å². The molecule has 1 aromatic carbocycles. The van der Waals surface area contributed by atoms with Crippen LogP contribution < -0.4 is 0 Å². The molecule has 0 spiro atoms. The first-order chi connectivity index (χ1) is 9.47. The van der Waals surface area contributed by atoms with Gasteiger partial charge in [0.1, 0.15) is 17.3 Å². The van der Waals surface area contributed by atoms with Gasteiger partial charge in [-0.15, -0.1) is 0 Å². The molecular formula is C15H15FN2OS. The molecule has 0 aliphatic rings. The molecule has 1 unspecified atom stereocenters. The first-order valence-electron chi connectivity index (χ1n) is 6.44. The van der Waals surface area contributed by atoms with Gasteiger partial charge in [-0.05, 0) is 57.3 Å². The summed E-state index contributed by atoms with van der Waals surface area (Å²) in [5.41, 5.74) is 2.69. The average molecular weight is 290 g/mol. The predicted octanol–water partition coefficient (Wildman–Crippen LogP) is 4.66. The summed E-state index contributed by atoms with van der Waals surface area (Å²) in [7, 11) is 0. The van der Waals surface area contributed by atoms with Crippen LogP contribution in [0.1, 0.15) is 30.0 Å². The normalized spacial score (nSPS) is 13.0. The third kappa shape index (κ3) is 1.98. The van der Waals surface area contributed by atoms with Crippen molar-refractivity contribution in [3.05, 3.63) is 51.9 Å². The average Bonchev–Trinajstić information content (AvgIpc) is 2.87. The largest absolute Gasteiger partial charge is 0.466 e. The fourth-order valence-electron chi connectivity index (χ4n) is 2.69. The van der Waals surface area contributed by atoms with Gasteiger partial charge in [-0.1, -0.05) is 0 Å². The van der Waals surface area contributed by atoms with Gasteiger partial charge in [0.2, 0.25) is 0 Å². The number of aromatic amines is 1. The molecule has 0 aliphatic heterocycles. The molecule has 0 bridgehead atoms. The minimum Gasteiger partial charge on any atom is -0.466 e. The smallest absolute Gasteiger partial charge is 0.178 e. The number of hydrogen-bond donors (Lipinski definition) is 1. The van der Waals surface area contributed by atoms with Crippen LogP contribution in [-0.2, 0) is 0 Å². The number of H-pyrrole nitrogens is 1. The molecule has 2 heterocycles. The van der Waals surface area contributed by atoms with Crippen LogP contribution in [0, 0.1) is 24.4 Å². The molecule has 0 aliphatic carbocycles. The van der Waals surface area contributed by atoms with Crippen molar-refractivity contribution in [3.63, 3.8) is 0 Å². The molecular weight excluding hydrogens is 275 g/mol. The molecule has 0 saturated carbocycles. The number of benzene rings is 1. The Bertz CT molecular complexity index is 843. The van der Waals surface area contributed by atoms with Crippen LogP contribution in [0.4, 0.5) is 4.39 Å². The topological polar surface area (TPSA) is 33.9 Å². The number of halogens is 1. The molecule has 1 atom stereocenters. The Hall–Kier alpha value is -1.88. The highest BCUT2D eigenvalue weighted by molar-refractivity contribution is 7.71. The van der Waals surface area contributed by atoms with Crippen molar-refractivity contribution in [1.82, 2.24) is 9.55 Å². The van der Waals surface area contributed by atoms with Gasteiger partial charge >= 0.3 is 0 Å². The van der Waals surface area contributed by atoms with Crippen LogP contribution in [0.25, 0.3) is 11.0 Å². The lowest BCUT2D eigenvalue weighted by molar-refractivity contribution is 0.495. The van der Waals surface area contributed by atoms with E-state index in [4.69, 9.17) is 16.6 Å². The first kappa shape index (κ1) is 13.1. The molecule has 0 saturated heterocycles. The van der Waals surface area contributed by atoms with Crippen LogP contribution in [0.5, 0.6) is 0 Å². The fourth-order valence-corrected chi connectivity index (χ4v) is 3.06. The summed E-state index contributed by atoms with van der Waals surface area (Å²) < 4.78 is 21.4. The zero-order chi connectivity index (χ0) is 14.4. The second kappa shape index (κ2) is 4.59. The maximum atomic E-state index is 13.3. The SMILES string of the molecule is Cc1cc(C(C)n2c(=S)[nH]c3cc(F)ccc32)c(C)o1. The van der Waals surface area contributed by atoms with Crippen LogP contribution in [0.3, 0.4) is 0 Å². The van der Waals surface area contributed by atoms with Gasteiger partial charge in [0.15, 0.2) is 4.77 Å². The van der Waals surface area contributed by atoms with E-state index < -0.39 is 0 Å². The number of nitrogens with zero attached hydrogens (tertiary/aromatic N) is 1. The lowest BCUT2D eigenvalue weighted by Crippen LogP contribution is -2.07. The zero-order valence-corrected chi connectivity index (χ0v) is 12.3. The molecule has 2 aromatic heterocycles. The van der Waals surface area contributed by atoms with Gasteiger partial charge in [0.05, 0.1) is 17.1 Å². The Balaban J connectivity index is 2.21. The molecule has 1 N–H and O–H groups in total. The van der Waals surface area contributed by atoms with Gasteiger partial charge < -0.3 is 14.0 Å². The second-order valence-electron chi connectivity index (χ2n) is 5.01. The van der Waals surface area contributed by atoms with Crippen LogP contribution >= 0.6 is 12.2 Å². The quantitative estimate of drug-likeness (QED) is 0.697. The van der Waals surface area contributed by atoms with Gasteiger partial charge in [-0.25, -0.2) is 4.39 Å². The number of aryl methyl sites for hydroxylation is 2. The van der Waals surface area contributed by atoms with E-state index in [0.29, 0.717) is 10.3 Å². The summed E-state index contributed by atoms with van der Waals surface area (Å²) in [5, 5.41) is 0. The highest BCUT2D eigenvalue weighted by atomic mass is 32.1. The minimum atomic E-state index is -0.274. The summed E-state index contributed by atoms with van der Waals surface area (Å²) in [6.07, 6.45) is 0. The monoisotopic (exact) mass is 290 g/mol. The Labute approximate surface area is 121 Å². The third-order valence-electron chi connectivity index (χ3n) is 3.60. The third-order valence-corrected chi connectivity index (χ3v) is 3.89. The Morgan fingerprint density at radius 3 is 2.70 bits per heavy atom. The van der Waals surface area contributed by atoms with Crippen molar-refractivity contribution in [2.45, 2.75) is 26.8 Å². The van der Waals surface area contributed by atoms with E-state index in [1.165, 1.54) is 12.1 Å². The fraction of sp³-hybridized carbons (Fsp3) is 0.267. The molecule has 3 nitrogen and oxygen atoms in total. The lowest BCUT2D eigenvalue weighted by Gasteiger charge is -2.14. The lowest BCUT2D eigenvalue weighted by atomic mass is 10.1. The van der Waals surface area contributed by atoms with E-state index in [2.05, 4.69) is 11.9 Å². The maximum absolute atomic E-state index is 13.3. The molecule has 3 aromatic rings. The number of furan rings is 1. The molecule has 20 heavy (non-hydrogen) atoms. The van der Waals surface area contributed by atoms with Crippen molar-refractivity contribution < 1.29 is 8.81 Å². The van der Waals surface area contributed by atoms with Gasteiger partial charge in [0, 0.05) is 5.56 Å². The molecule has 0 amide bonds. The second-order valence-corrected chi connectivity index (χ2v) is 5.39. The standard InChI is InChI=1S/C15H15FN2OS/c1-8-6-12(10(3)19-8)9(2)18-14-5-4-11(16)7-13(14)17-15(18)20/h4-7,9H,1-3H3,(H,17,20). The van der Waals surface area contributed by atoms with Crippen molar-refractivity contribution >= 4 is 23.3 Å². The number of hydrogen-bond acceptors (Lipinski definition) is 2. The van der Waals surface area contributed by atoms with E-state index in [-0.39, 0.29) is 11.9 Å².